The van der Waals surface area contributed by atoms with Crippen molar-refractivity contribution >= 4 is 42.5 Å². The van der Waals surface area contributed by atoms with Crippen LogP contribution in [0.3, 0.4) is 0 Å². The van der Waals surface area contributed by atoms with Crippen LogP contribution in [0.15, 0.2) is 158 Å². The minimum atomic E-state index is -3.33. The standard InChI is InChI=1S/C43H40BrO5P/c1-33-23-24-35(31-50(44,37-17-9-4-10-18-37,38-19-11-5-12-20-38)39-21-13-6-14-22-39)42(27-33)48-30-41(45)40-26-25-36(49-32-46-2)28-43(40)47-29-34-15-7-3-8-16-34/h3-28H,29-32H2,1-2H3. The number of hydrogen-bond donors (Lipinski definition) is 0. The van der Waals surface area contributed by atoms with Gasteiger partial charge < -0.3 is 4.74 Å². The Morgan fingerprint density at radius 3 is 1.74 bits per heavy atom. The number of halogens is 1. The van der Waals surface area contributed by atoms with Crippen molar-refractivity contribution < 1.29 is 23.7 Å². The summed E-state index contributed by atoms with van der Waals surface area (Å²) in [5.74, 6) is 1.42. The summed E-state index contributed by atoms with van der Waals surface area (Å²) in [5, 5.41) is 0.283. The number of aryl methyl sites for hydroxylation is 1. The van der Waals surface area contributed by atoms with Crippen LogP contribution in [-0.4, -0.2) is 26.3 Å². The second-order valence-electron chi connectivity index (χ2n) is 12.2. The van der Waals surface area contributed by atoms with Crippen LogP contribution in [0.2, 0.25) is 0 Å². The van der Waals surface area contributed by atoms with Crippen LogP contribution >= 0.6 is 20.8 Å². The average molecular weight is 748 g/mol. The van der Waals surface area contributed by atoms with E-state index in [1.54, 1.807) is 25.3 Å². The van der Waals surface area contributed by atoms with Gasteiger partial charge in [-0.25, -0.2) is 0 Å². The first kappa shape index (κ1) is 35.1. The summed E-state index contributed by atoms with van der Waals surface area (Å²) in [4.78, 5) is 13.9. The van der Waals surface area contributed by atoms with Gasteiger partial charge in [-0.05, 0) is 0 Å². The van der Waals surface area contributed by atoms with Gasteiger partial charge in [0.2, 0.25) is 0 Å². The van der Waals surface area contributed by atoms with Crippen molar-refractivity contribution in [1.29, 1.82) is 0 Å². The first-order chi connectivity index (χ1) is 24.4. The minimum absolute atomic E-state index is 0.0816. The van der Waals surface area contributed by atoms with E-state index in [1.807, 2.05) is 61.5 Å². The zero-order chi connectivity index (χ0) is 34.8. The molecule has 7 heteroatoms. The molecule has 0 fully saturated rings. The van der Waals surface area contributed by atoms with Gasteiger partial charge >= 0.3 is 274 Å². The number of carbonyl (C=O) groups excluding carboxylic acids is 1. The van der Waals surface area contributed by atoms with E-state index in [4.69, 9.17) is 18.9 Å². The molecule has 6 aromatic carbocycles. The number of ketones is 1. The van der Waals surface area contributed by atoms with E-state index in [1.165, 1.54) is 15.9 Å². The molecule has 0 atom stereocenters. The van der Waals surface area contributed by atoms with Crippen LogP contribution in [0.4, 0.5) is 0 Å². The average Bonchev–Trinajstić information content (AvgIpc) is 3.17. The van der Waals surface area contributed by atoms with Crippen molar-refractivity contribution in [3.05, 3.63) is 180 Å². The van der Waals surface area contributed by atoms with E-state index in [0.29, 0.717) is 35.6 Å². The van der Waals surface area contributed by atoms with Gasteiger partial charge in [0, 0.05) is 7.11 Å². The van der Waals surface area contributed by atoms with E-state index in [9.17, 15) is 4.79 Å². The molecule has 0 bridgehead atoms. The summed E-state index contributed by atoms with van der Waals surface area (Å²) in [7, 11) is 1.56. The Kier molecular flexibility index (Phi) is 11.1. The molecule has 0 aliphatic carbocycles. The number of Topliss-reactive ketones (excluding diaryl/α,β-unsaturated/α-hetero) is 1. The molecule has 6 aromatic rings. The fourth-order valence-electron chi connectivity index (χ4n) is 6.21. The number of ether oxygens (including phenoxy) is 4. The third-order valence-corrected chi connectivity index (χ3v) is 18.3. The van der Waals surface area contributed by atoms with Crippen molar-refractivity contribution in [2.45, 2.75) is 19.7 Å². The van der Waals surface area contributed by atoms with Gasteiger partial charge in [0.1, 0.15) is 0 Å². The molecule has 0 heterocycles. The van der Waals surface area contributed by atoms with E-state index in [0.717, 1.165) is 16.7 Å². The number of rotatable bonds is 15. The van der Waals surface area contributed by atoms with E-state index < -0.39 is 5.31 Å². The quantitative estimate of drug-likeness (QED) is 0.0596. The Bertz CT molecular complexity index is 1920. The molecule has 0 saturated carbocycles. The maximum absolute atomic E-state index is 13.9. The third-order valence-electron chi connectivity index (χ3n) is 8.77. The summed E-state index contributed by atoms with van der Waals surface area (Å²) in [6, 6.07) is 53.3. The van der Waals surface area contributed by atoms with Gasteiger partial charge in [0.25, 0.3) is 0 Å². The van der Waals surface area contributed by atoms with Gasteiger partial charge in [-0.1, -0.05) is 18.2 Å². The topological polar surface area (TPSA) is 54.0 Å². The second-order valence-corrected chi connectivity index (χ2v) is 21.1. The molecule has 0 aliphatic heterocycles. The van der Waals surface area contributed by atoms with Gasteiger partial charge in [0.05, 0.1) is 0 Å². The van der Waals surface area contributed by atoms with Crippen molar-refractivity contribution in [1.82, 2.24) is 0 Å². The number of benzene rings is 6. The van der Waals surface area contributed by atoms with Crippen LogP contribution in [0.1, 0.15) is 27.0 Å². The molecular formula is C43H40BrO5P. The molecule has 0 unspecified atom stereocenters. The fraction of sp³-hybridized carbons (Fsp3) is 0.140. The maximum atomic E-state index is 13.9. The van der Waals surface area contributed by atoms with Gasteiger partial charge in [-0.2, -0.15) is 0 Å². The van der Waals surface area contributed by atoms with Crippen LogP contribution in [0.5, 0.6) is 17.2 Å². The fourth-order valence-corrected chi connectivity index (χ4v) is 13.9. The van der Waals surface area contributed by atoms with Gasteiger partial charge in [0.15, 0.2) is 0 Å². The third kappa shape index (κ3) is 7.53. The Hall–Kier alpha value is -4.74. The SMILES string of the molecule is COCOc1ccc(C(=O)COc2cc(C)ccc2CP(Br)(c2ccccc2)(c2ccccc2)c2ccccc2)c(OCc2ccccc2)c1. The van der Waals surface area contributed by atoms with E-state index >= 15 is 0 Å². The molecule has 0 aliphatic rings. The van der Waals surface area contributed by atoms with E-state index in [2.05, 4.69) is 100 Å². The van der Waals surface area contributed by atoms with E-state index in [-0.39, 0.29) is 19.2 Å². The number of hydrogen-bond acceptors (Lipinski definition) is 5. The predicted molar refractivity (Wildman–Crippen MR) is 209 cm³/mol. The van der Waals surface area contributed by atoms with Crippen LogP contribution in [0.25, 0.3) is 0 Å². The van der Waals surface area contributed by atoms with Crippen molar-refractivity contribution in [3.8, 4) is 17.2 Å². The molecule has 6 rings (SSSR count). The van der Waals surface area contributed by atoms with Gasteiger partial charge in [-0.3, -0.25) is 0 Å². The van der Waals surface area contributed by atoms with Crippen LogP contribution in [-0.2, 0) is 17.5 Å². The molecule has 0 aromatic heterocycles. The van der Waals surface area contributed by atoms with Crippen molar-refractivity contribution in [2.24, 2.45) is 0 Å². The predicted octanol–water partition coefficient (Wildman–Crippen LogP) is 9.16. The molecule has 0 saturated heterocycles. The zero-order valence-corrected chi connectivity index (χ0v) is 30.7. The second kappa shape index (κ2) is 15.9. The molecule has 0 radical (unpaired) electrons. The normalized spacial score (nSPS) is 12.0. The summed E-state index contributed by atoms with van der Waals surface area (Å²) in [6.07, 6.45) is 0.629. The molecule has 50 heavy (non-hydrogen) atoms. The first-order valence-electron chi connectivity index (χ1n) is 16.5. The monoisotopic (exact) mass is 746 g/mol. The van der Waals surface area contributed by atoms with Gasteiger partial charge in [-0.15, -0.1) is 0 Å². The first-order valence-corrected chi connectivity index (χ1v) is 20.9. The molecule has 5 nitrogen and oxygen atoms in total. The molecule has 0 spiro atoms. The summed E-state index contributed by atoms with van der Waals surface area (Å²) < 4.78 is 23.4. The number of carbonyl (C=O) groups is 1. The van der Waals surface area contributed by atoms with Crippen LogP contribution < -0.4 is 30.1 Å². The Labute approximate surface area is 302 Å². The molecular weight excluding hydrogens is 707 g/mol. The van der Waals surface area contributed by atoms with Crippen molar-refractivity contribution in [2.75, 3.05) is 20.5 Å². The Morgan fingerprint density at radius 2 is 1.18 bits per heavy atom. The Balaban J connectivity index is 1.36. The van der Waals surface area contributed by atoms with Crippen molar-refractivity contribution in [3.63, 3.8) is 0 Å². The zero-order valence-electron chi connectivity index (χ0n) is 28.2. The number of methoxy groups -OCH3 is 1. The summed E-state index contributed by atoms with van der Waals surface area (Å²) in [6.45, 7) is 2.25. The molecule has 0 amide bonds. The summed E-state index contributed by atoms with van der Waals surface area (Å²) >= 11 is 4.57. The Morgan fingerprint density at radius 1 is 0.620 bits per heavy atom. The van der Waals surface area contributed by atoms with Crippen LogP contribution in [0, 0.1) is 6.92 Å². The summed E-state index contributed by atoms with van der Waals surface area (Å²) in [5.41, 5.74) is 3.44. The molecule has 0 N–H and O–H groups in total. The molecule has 254 valence electrons.